The van der Waals surface area contributed by atoms with Crippen LogP contribution in [0.2, 0.25) is 5.82 Å². The predicted octanol–water partition coefficient (Wildman–Crippen LogP) is 3.49. The number of rotatable bonds is 4. The summed E-state index contributed by atoms with van der Waals surface area (Å²) < 4.78 is 1.53. The quantitative estimate of drug-likeness (QED) is 0.744. The van der Waals surface area contributed by atoms with Gasteiger partial charge in [0.25, 0.3) is 0 Å². The Labute approximate surface area is 91.0 Å². The molecule has 0 radical (unpaired) electrons. The molecule has 0 atom stereocenters. The summed E-state index contributed by atoms with van der Waals surface area (Å²) in [4.78, 5) is 0. The topological polar surface area (TPSA) is 0 Å². The van der Waals surface area contributed by atoms with E-state index >= 15 is 0 Å². The number of hydrogen-bond donors (Lipinski definition) is 0. The van der Waals surface area contributed by atoms with Crippen molar-refractivity contribution in [3.05, 3.63) is 39.7 Å². The van der Waals surface area contributed by atoms with Gasteiger partial charge in [-0.15, -0.1) is 0 Å². The van der Waals surface area contributed by atoms with E-state index in [1.165, 1.54) is 15.1 Å². The first-order valence-corrected chi connectivity index (χ1v) is 7.86. The molecule has 0 aliphatic rings. The van der Waals surface area contributed by atoms with Gasteiger partial charge in [-0.25, -0.2) is 0 Å². The van der Waals surface area contributed by atoms with E-state index in [0.717, 1.165) is 0 Å². The molecule has 0 unspecified atom stereocenters. The summed E-state index contributed by atoms with van der Waals surface area (Å²) in [5.41, 5.74) is 1.32. The van der Waals surface area contributed by atoms with Crippen molar-refractivity contribution in [2.75, 3.05) is 5.75 Å². The predicted molar refractivity (Wildman–Crippen MR) is 64.2 cm³/mol. The Balaban J connectivity index is 2.73. The summed E-state index contributed by atoms with van der Waals surface area (Å²) >= 11 is 2.58. The van der Waals surface area contributed by atoms with Crippen molar-refractivity contribution in [2.45, 2.75) is 12.7 Å². The molecule has 2 heteroatoms. The Morgan fingerprint density at radius 2 is 2.08 bits per heavy atom. The molecule has 1 rings (SSSR count). The fourth-order valence-electron chi connectivity index (χ4n) is 0.987. The van der Waals surface area contributed by atoms with Crippen molar-refractivity contribution in [1.82, 2.24) is 0 Å². The van der Waals surface area contributed by atoms with Crippen LogP contribution >= 0.6 is 11.8 Å². The third-order valence-electron chi connectivity index (χ3n) is 1.57. The van der Waals surface area contributed by atoms with Crippen LogP contribution in [0, 0.1) is 0 Å². The summed E-state index contributed by atoms with van der Waals surface area (Å²) in [6.07, 6.45) is 2.30. The van der Waals surface area contributed by atoms with Crippen LogP contribution in [0.5, 0.6) is 0 Å². The SMILES string of the molecule is CCS/C(=C/c1ccccc1)[Se]C. The van der Waals surface area contributed by atoms with Gasteiger partial charge in [-0.05, 0) is 0 Å². The molecule has 0 fully saturated rings. The first kappa shape index (κ1) is 10.9. The molecule has 0 N–H and O–H groups in total. The molecule has 0 aromatic heterocycles. The van der Waals surface area contributed by atoms with Crippen LogP contribution in [-0.2, 0) is 0 Å². The van der Waals surface area contributed by atoms with Gasteiger partial charge in [0, 0.05) is 0 Å². The average Bonchev–Trinajstić information content (AvgIpc) is 2.19. The van der Waals surface area contributed by atoms with E-state index in [-0.39, 0.29) is 0 Å². The average molecular weight is 257 g/mol. The summed E-state index contributed by atoms with van der Waals surface area (Å²) in [6, 6.07) is 10.5. The molecular formula is C11H14SSe. The molecule has 0 bridgehead atoms. The van der Waals surface area contributed by atoms with Crippen LogP contribution in [0.4, 0.5) is 0 Å². The van der Waals surface area contributed by atoms with E-state index in [0.29, 0.717) is 15.0 Å². The van der Waals surface area contributed by atoms with E-state index in [1.54, 1.807) is 0 Å². The van der Waals surface area contributed by atoms with Gasteiger partial charge in [0.05, 0.1) is 0 Å². The molecule has 0 nitrogen and oxygen atoms in total. The summed E-state index contributed by atoms with van der Waals surface area (Å²) in [5.74, 6) is 3.44. The van der Waals surface area contributed by atoms with E-state index in [1.807, 2.05) is 11.8 Å². The molecule has 0 aliphatic carbocycles. The van der Waals surface area contributed by atoms with Gasteiger partial charge in [-0.1, -0.05) is 0 Å². The second-order valence-corrected chi connectivity index (χ2v) is 6.18. The fraction of sp³-hybridized carbons (Fsp3) is 0.273. The van der Waals surface area contributed by atoms with Crippen LogP contribution in [-0.4, -0.2) is 20.7 Å². The molecule has 13 heavy (non-hydrogen) atoms. The second kappa shape index (κ2) is 6.31. The summed E-state index contributed by atoms with van der Waals surface area (Å²) in [6.45, 7) is 2.20. The number of hydrogen-bond acceptors (Lipinski definition) is 1. The van der Waals surface area contributed by atoms with Crippen molar-refractivity contribution in [3.63, 3.8) is 0 Å². The van der Waals surface area contributed by atoms with Gasteiger partial charge in [-0.3, -0.25) is 0 Å². The monoisotopic (exact) mass is 258 g/mol. The van der Waals surface area contributed by atoms with Crippen LogP contribution in [0.3, 0.4) is 0 Å². The maximum absolute atomic E-state index is 2.30. The minimum atomic E-state index is 0.622. The van der Waals surface area contributed by atoms with Gasteiger partial charge in [-0.2, -0.15) is 0 Å². The molecule has 0 saturated heterocycles. The Hall–Kier alpha value is -0.171. The van der Waals surface area contributed by atoms with E-state index in [9.17, 15) is 0 Å². The Bertz CT molecular complexity index is 267. The Morgan fingerprint density at radius 1 is 1.38 bits per heavy atom. The molecule has 0 amide bonds. The van der Waals surface area contributed by atoms with Crippen LogP contribution in [0.25, 0.3) is 6.08 Å². The van der Waals surface area contributed by atoms with Crippen LogP contribution in [0.15, 0.2) is 34.1 Å². The van der Waals surface area contributed by atoms with Crippen LogP contribution in [0.1, 0.15) is 12.5 Å². The zero-order valence-electron chi connectivity index (χ0n) is 7.99. The van der Waals surface area contributed by atoms with Crippen molar-refractivity contribution < 1.29 is 0 Å². The van der Waals surface area contributed by atoms with Crippen molar-refractivity contribution in [3.8, 4) is 0 Å². The van der Waals surface area contributed by atoms with E-state index in [2.05, 4.69) is 49.2 Å². The van der Waals surface area contributed by atoms with Gasteiger partial charge >= 0.3 is 91.0 Å². The third kappa shape index (κ3) is 4.04. The van der Waals surface area contributed by atoms with Crippen molar-refractivity contribution >= 4 is 32.8 Å². The number of benzene rings is 1. The third-order valence-corrected chi connectivity index (χ3v) is 4.96. The summed E-state index contributed by atoms with van der Waals surface area (Å²) in [7, 11) is 0. The van der Waals surface area contributed by atoms with Crippen molar-refractivity contribution in [1.29, 1.82) is 0 Å². The molecular weight excluding hydrogens is 243 g/mol. The molecule has 1 aromatic rings. The van der Waals surface area contributed by atoms with Crippen molar-refractivity contribution in [2.24, 2.45) is 0 Å². The summed E-state index contributed by atoms with van der Waals surface area (Å²) in [5, 5.41) is 0. The zero-order valence-corrected chi connectivity index (χ0v) is 10.5. The fourth-order valence-corrected chi connectivity index (χ4v) is 3.63. The minimum absolute atomic E-state index is 0.622. The number of thioether (sulfide) groups is 1. The molecule has 0 spiro atoms. The van der Waals surface area contributed by atoms with Crippen LogP contribution < -0.4 is 0 Å². The van der Waals surface area contributed by atoms with Gasteiger partial charge in [0.2, 0.25) is 0 Å². The molecule has 0 heterocycles. The Morgan fingerprint density at radius 3 is 2.62 bits per heavy atom. The molecule has 0 aliphatic heterocycles. The van der Waals surface area contributed by atoms with Gasteiger partial charge in [0.1, 0.15) is 0 Å². The standard InChI is InChI=1S/C11H14SSe/c1-3-12-11(13-2)9-10-7-5-4-6-8-10/h4-9H,3H2,1-2H3/b11-9-. The first-order valence-electron chi connectivity index (χ1n) is 4.30. The normalized spacial score (nSPS) is 11.7. The van der Waals surface area contributed by atoms with E-state index < -0.39 is 0 Å². The molecule has 0 saturated carbocycles. The van der Waals surface area contributed by atoms with Gasteiger partial charge < -0.3 is 0 Å². The second-order valence-electron chi connectivity index (χ2n) is 2.51. The maximum atomic E-state index is 2.30. The van der Waals surface area contributed by atoms with Gasteiger partial charge in [0.15, 0.2) is 0 Å². The van der Waals surface area contributed by atoms with E-state index in [4.69, 9.17) is 0 Å². The zero-order chi connectivity index (χ0) is 9.52. The molecule has 70 valence electrons. The molecule has 1 aromatic carbocycles. The first-order chi connectivity index (χ1) is 6.36. The Kier molecular flexibility index (Phi) is 5.29.